The molecular weight excluding hydrogens is 207 g/mol. The van der Waals surface area contributed by atoms with Crippen LogP contribution >= 0.6 is 0 Å². The minimum Gasteiger partial charge on any atom is -0.463 e. The van der Waals surface area contributed by atoms with Crippen molar-refractivity contribution < 1.29 is 13.9 Å². The van der Waals surface area contributed by atoms with Crippen LogP contribution in [0.15, 0.2) is 34.7 Å². The fourth-order valence-corrected chi connectivity index (χ4v) is 1.60. The van der Waals surface area contributed by atoms with Gasteiger partial charge in [-0.15, -0.1) is 0 Å². The molecule has 1 aromatic heterocycles. The monoisotopic (exact) mass is 220 g/mol. The van der Waals surface area contributed by atoms with E-state index in [4.69, 9.17) is 4.42 Å². The van der Waals surface area contributed by atoms with Crippen LogP contribution in [-0.4, -0.2) is 5.11 Å². The van der Waals surface area contributed by atoms with Gasteiger partial charge in [0.1, 0.15) is 23.4 Å². The van der Waals surface area contributed by atoms with Crippen molar-refractivity contribution in [3.63, 3.8) is 0 Å². The first kappa shape index (κ1) is 10.9. The van der Waals surface area contributed by atoms with E-state index in [1.807, 2.05) is 6.92 Å². The maximum absolute atomic E-state index is 13.1. The minimum absolute atomic E-state index is 0.272. The van der Waals surface area contributed by atoms with E-state index in [9.17, 15) is 9.50 Å². The molecule has 16 heavy (non-hydrogen) atoms. The van der Waals surface area contributed by atoms with Crippen LogP contribution in [0.2, 0.25) is 0 Å². The molecule has 0 unspecified atom stereocenters. The first-order valence-electron chi connectivity index (χ1n) is 5.08. The lowest BCUT2D eigenvalue weighted by atomic mass is 10.0. The predicted octanol–water partition coefficient (Wildman–Crippen LogP) is 3.12. The first-order chi connectivity index (χ1) is 7.58. The van der Waals surface area contributed by atoms with Gasteiger partial charge in [-0.25, -0.2) is 4.39 Å². The molecular formula is C13H13FO2. The number of halogens is 1. The van der Waals surface area contributed by atoms with Crippen LogP contribution < -0.4 is 0 Å². The SMILES string of the molecule is Cc1ccc([C@H](O)c2ccc(F)c(C)c2)o1. The molecule has 1 heterocycles. The Balaban J connectivity index is 2.33. The Hall–Kier alpha value is -1.61. The zero-order chi connectivity index (χ0) is 11.7. The second-order valence-corrected chi connectivity index (χ2v) is 3.86. The molecule has 0 radical (unpaired) electrons. The zero-order valence-electron chi connectivity index (χ0n) is 9.20. The summed E-state index contributed by atoms with van der Waals surface area (Å²) >= 11 is 0. The largest absolute Gasteiger partial charge is 0.463 e. The fraction of sp³-hybridized carbons (Fsp3) is 0.231. The van der Waals surface area contributed by atoms with Gasteiger partial charge in [0.15, 0.2) is 0 Å². The van der Waals surface area contributed by atoms with Crippen molar-refractivity contribution in [3.05, 3.63) is 58.8 Å². The average Bonchev–Trinajstić information content (AvgIpc) is 2.68. The lowest BCUT2D eigenvalue weighted by molar-refractivity contribution is 0.187. The van der Waals surface area contributed by atoms with E-state index < -0.39 is 6.10 Å². The second-order valence-electron chi connectivity index (χ2n) is 3.86. The van der Waals surface area contributed by atoms with Gasteiger partial charge in [0.2, 0.25) is 0 Å². The van der Waals surface area contributed by atoms with Gasteiger partial charge < -0.3 is 9.52 Å². The second kappa shape index (κ2) is 4.10. The Morgan fingerprint density at radius 2 is 1.94 bits per heavy atom. The molecule has 2 aromatic rings. The lowest BCUT2D eigenvalue weighted by Crippen LogP contribution is -1.99. The molecule has 0 saturated carbocycles. The van der Waals surface area contributed by atoms with Crippen molar-refractivity contribution >= 4 is 0 Å². The Morgan fingerprint density at radius 1 is 1.19 bits per heavy atom. The molecule has 0 saturated heterocycles. The van der Waals surface area contributed by atoms with E-state index in [0.29, 0.717) is 16.9 Å². The van der Waals surface area contributed by atoms with Gasteiger partial charge in [0.25, 0.3) is 0 Å². The van der Waals surface area contributed by atoms with Crippen molar-refractivity contribution in [2.24, 2.45) is 0 Å². The minimum atomic E-state index is -0.840. The molecule has 2 nitrogen and oxygen atoms in total. The summed E-state index contributed by atoms with van der Waals surface area (Å²) in [7, 11) is 0. The van der Waals surface area contributed by atoms with Crippen molar-refractivity contribution in [3.8, 4) is 0 Å². The smallest absolute Gasteiger partial charge is 0.137 e. The highest BCUT2D eigenvalue weighted by Gasteiger charge is 2.14. The van der Waals surface area contributed by atoms with Crippen LogP contribution in [0.1, 0.15) is 28.8 Å². The summed E-state index contributed by atoms with van der Waals surface area (Å²) in [4.78, 5) is 0. The molecule has 2 rings (SSSR count). The van der Waals surface area contributed by atoms with Gasteiger partial charge in [0.05, 0.1) is 0 Å². The topological polar surface area (TPSA) is 33.4 Å². The van der Waals surface area contributed by atoms with Crippen LogP contribution in [-0.2, 0) is 0 Å². The summed E-state index contributed by atoms with van der Waals surface area (Å²) in [6.07, 6.45) is -0.840. The highest BCUT2D eigenvalue weighted by atomic mass is 19.1. The molecule has 0 aliphatic rings. The third kappa shape index (κ3) is 1.99. The molecule has 1 N–H and O–H groups in total. The molecule has 3 heteroatoms. The van der Waals surface area contributed by atoms with Gasteiger partial charge in [-0.1, -0.05) is 12.1 Å². The number of aliphatic hydroxyl groups is 1. The summed E-state index contributed by atoms with van der Waals surface area (Å²) < 4.78 is 18.4. The number of benzene rings is 1. The summed E-state index contributed by atoms with van der Waals surface area (Å²) in [5, 5.41) is 10.0. The summed E-state index contributed by atoms with van der Waals surface area (Å²) in [6, 6.07) is 8.04. The molecule has 0 spiro atoms. The number of rotatable bonds is 2. The van der Waals surface area contributed by atoms with Gasteiger partial charge in [-0.2, -0.15) is 0 Å². The van der Waals surface area contributed by atoms with E-state index in [1.54, 1.807) is 31.2 Å². The molecule has 84 valence electrons. The predicted molar refractivity (Wildman–Crippen MR) is 58.6 cm³/mol. The van der Waals surface area contributed by atoms with E-state index in [1.165, 1.54) is 6.07 Å². The fourth-order valence-electron chi connectivity index (χ4n) is 1.60. The summed E-state index contributed by atoms with van der Waals surface area (Å²) in [5.41, 5.74) is 1.15. The van der Waals surface area contributed by atoms with Gasteiger partial charge >= 0.3 is 0 Å². The zero-order valence-corrected chi connectivity index (χ0v) is 9.20. The number of hydrogen-bond acceptors (Lipinski definition) is 2. The maximum atomic E-state index is 13.1. The van der Waals surface area contributed by atoms with Crippen LogP contribution in [0.5, 0.6) is 0 Å². The van der Waals surface area contributed by atoms with Crippen molar-refractivity contribution in [2.45, 2.75) is 20.0 Å². The van der Waals surface area contributed by atoms with Gasteiger partial charge in [-0.05, 0) is 43.2 Å². The highest BCUT2D eigenvalue weighted by Crippen LogP contribution is 2.24. The quantitative estimate of drug-likeness (QED) is 0.843. The molecule has 0 aliphatic carbocycles. The molecule has 0 bridgehead atoms. The van der Waals surface area contributed by atoms with E-state index in [0.717, 1.165) is 5.76 Å². The Bertz CT molecular complexity index is 502. The highest BCUT2D eigenvalue weighted by molar-refractivity contribution is 5.29. The molecule has 0 fully saturated rings. The number of hydrogen-bond donors (Lipinski definition) is 1. The number of furan rings is 1. The van der Waals surface area contributed by atoms with Crippen LogP contribution in [0, 0.1) is 19.7 Å². The Labute approximate surface area is 93.3 Å². The Morgan fingerprint density at radius 3 is 2.50 bits per heavy atom. The van der Waals surface area contributed by atoms with Gasteiger partial charge in [0, 0.05) is 0 Å². The molecule has 0 aliphatic heterocycles. The summed E-state index contributed by atoms with van der Waals surface area (Å²) in [5.74, 6) is 0.947. The van der Waals surface area contributed by atoms with Crippen molar-refractivity contribution in [2.75, 3.05) is 0 Å². The average molecular weight is 220 g/mol. The molecule has 0 amide bonds. The van der Waals surface area contributed by atoms with Gasteiger partial charge in [-0.3, -0.25) is 0 Å². The number of aryl methyl sites for hydroxylation is 2. The Kier molecular flexibility index (Phi) is 2.79. The van der Waals surface area contributed by atoms with Crippen molar-refractivity contribution in [1.82, 2.24) is 0 Å². The summed E-state index contributed by atoms with van der Waals surface area (Å²) in [6.45, 7) is 3.48. The van der Waals surface area contributed by atoms with E-state index in [2.05, 4.69) is 0 Å². The first-order valence-corrected chi connectivity index (χ1v) is 5.08. The van der Waals surface area contributed by atoms with E-state index in [-0.39, 0.29) is 5.82 Å². The van der Waals surface area contributed by atoms with Crippen LogP contribution in [0.3, 0.4) is 0 Å². The van der Waals surface area contributed by atoms with Crippen LogP contribution in [0.25, 0.3) is 0 Å². The normalized spacial score (nSPS) is 12.8. The molecule has 1 atom stereocenters. The number of aliphatic hydroxyl groups excluding tert-OH is 1. The third-order valence-corrected chi connectivity index (χ3v) is 2.53. The standard InChI is InChI=1S/C13H13FO2/c1-8-7-10(4-5-11(8)14)13(15)12-6-3-9(2)16-12/h3-7,13,15H,1-2H3/t13-/m1/s1. The van der Waals surface area contributed by atoms with Crippen LogP contribution in [0.4, 0.5) is 4.39 Å². The maximum Gasteiger partial charge on any atom is 0.137 e. The third-order valence-electron chi connectivity index (χ3n) is 2.53. The lowest BCUT2D eigenvalue weighted by Gasteiger charge is -2.09. The van der Waals surface area contributed by atoms with E-state index >= 15 is 0 Å². The molecule has 1 aromatic carbocycles. The van der Waals surface area contributed by atoms with Crippen molar-refractivity contribution in [1.29, 1.82) is 0 Å².